The number of carbonyl (C=O) groups is 3. The van der Waals surface area contributed by atoms with Crippen LogP contribution in [-0.2, 0) is 19.7 Å². The van der Waals surface area contributed by atoms with Crippen LogP contribution in [0.3, 0.4) is 0 Å². The second kappa shape index (κ2) is 9.84. The summed E-state index contributed by atoms with van der Waals surface area (Å²) in [7, 11) is -2.65. The van der Waals surface area contributed by atoms with E-state index >= 15 is 0 Å². The number of nitrogens with zero attached hydrogens (tertiary/aromatic N) is 1. The largest absolute Gasteiger partial charge is 0.497 e. The fourth-order valence-electron chi connectivity index (χ4n) is 3.34. The number of amides is 4. The van der Waals surface area contributed by atoms with E-state index < -0.39 is 28.0 Å². The van der Waals surface area contributed by atoms with Crippen molar-refractivity contribution < 1.29 is 31.7 Å². The molecule has 1 aliphatic heterocycles. The summed E-state index contributed by atoms with van der Waals surface area (Å²) in [5, 5.41) is 2.06. The van der Waals surface area contributed by atoms with Crippen molar-refractivity contribution >= 4 is 51.3 Å². The summed E-state index contributed by atoms with van der Waals surface area (Å²) in [6.45, 7) is 1.82. The van der Waals surface area contributed by atoms with E-state index in [1.54, 1.807) is 24.3 Å². The molecule has 9 nitrogen and oxygen atoms in total. The normalized spacial score (nSPS) is 15.1. The van der Waals surface area contributed by atoms with E-state index in [4.69, 9.17) is 20.5 Å². The van der Waals surface area contributed by atoms with Gasteiger partial charge in [-0.3, -0.25) is 14.9 Å². The Morgan fingerprint density at radius 1 is 0.944 bits per heavy atom. The summed E-state index contributed by atoms with van der Waals surface area (Å²) >= 11 is 6.23. The molecule has 1 heterocycles. The van der Waals surface area contributed by atoms with Gasteiger partial charge in [-0.25, -0.2) is 9.69 Å². The van der Waals surface area contributed by atoms with Crippen LogP contribution < -0.4 is 19.1 Å². The fourth-order valence-corrected chi connectivity index (χ4v) is 4.56. The first kappa shape index (κ1) is 25.0. The summed E-state index contributed by atoms with van der Waals surface area (Å²) in [5.41, 5.74) is 1.11. The predicted octanol–water partition coefficient (Wildman–Crippen LogP) is 4.09. The molecule has 0 unspecified atom stereocenters. The average molecular weight is 527 g/mol. The average Bonchev–Trinajstić information content (AvgIpc) is 2.84. The molecule has 0 spiro atoms. The number of imide groups is 2. The van der Waals surface area contributed by atoms with Gasteiger partial charge in [-0.05, 0) is 67.1 Å². The van der Waals surface area contributed by atoms with E-state index in [1.807, 2.05) is 6.92 Å². The van der Waals surface area contributed by atoms with Crippen molar-refractivity contribution in [1.82, 2.24) is 5.32 Å². The molecule has 184 valence electrons. The first-order chi connectivity index (χ1) is 17.1. The number of hydrogen-bond acceptors (Lipinski definition) is 7. The SMILES string of the molecule is COc1ccc(N2C(=O)NC(=O)/C(=C\c3ccc(OS(=O)(=O)c4ccc(C)cc4)c(Cl)c3)C2=O)cc1. The minimum Gasteiger partial charge on any atom is -0.497 e. The predicted molar refractivity (Wildman–Crippen MR) is 132 cm³/mol. The van der Waals surface area contributed by atoms with Crippen molar-refractivity contribution in [2.75, 3.05) is 12.0 Å². The lowest BCUT2D eigenvalue weighted by atomic mass is 10.1. The Labute approximate surface area is 212 Å². The number of barbiturate groups is 1. The van der Waals surface area contributed by atoms with E-state index in [9.17, 15) is 22.8 Å². The minimum atomic E-state index is -4.13. The molecule has 36 heavy (non-hydrogen) atoms. The summed E-state index contributed by atoms with van der Waals surface area (Å²) in [4.78, 5) is 38.6. The van der Waals surface area contributed by atoms with Gasteiger partial charge in [-0.15, -0.1) is 0 Å². The third kappa shape index (κ3) is 5.09. The van der Waals surface area contributed by atoms with E-state index in [-0.39, 0.29) is 26.9 Å². The molecule has 1 fully saturated rings. The van der Waals surface area contributed by atoms with E-state index in [1.165, 1.54) is 55.7 Å². The Morgan fingerprint density at radius 3 is 2.22 bits per heavy atom. The van der Waals surface area contributed by atoms with Crippen LogP contribution in [0.25, 0.3) is 6.08 Å². The zero-order valence-corrected chi connectivity index (χ0v) is 20.6. The number of anilines is 1. The molecule has 1 N–H and O–H groups in total. The molecule has 0 radical (unpaired) electrons. The lowest BCUT2D eigenvalue weighted by Gasteiger charge is -2.26. The van der Waals surface area contributed by atoms with Crippen molar-refractivity contribution in [3.05, 3.63) is 88.5 Å². The van der Waals surface area contributed by atoms with Crippen LogP contribution in [0.5, 0.6) is 11.5 Å². The summed E-state index contributed by atoms with van der Waals surface area (Å²) in [5.74, 6) is -1.33. The number of halogens is 1. The first-order valence-electron chi connectivity index (χ1n) is 10.5. The fraction of sp³-hybridized carbons (Fsp3) is 0.0800. The number of nitrogens with one attached hydrogen (secondary N) is 1. The molecule has 11 heteroatoms. The molecule has 0 aromatic heterocycles. The maximum absolute atomic E-state index is 13.0. The van der Waals surface area contributed by atoms with Gasteiger partial charge < -0.3 is 8.92 Å². The Bertz CT molecular complexity index is 1500. The number of methoxy groups -OCH3 is 1. The number of hydrogen-bond donors (Lipinski definition) is 1. The second-order valence-electron chi connectivity index (χ2n) is 7.70. The zero-order chi connectivity index (χ0) is 26.0. The highest BCUT2D eigenvalue weighted by Gasteiger charge is 2.36. The molecular formula is C25H19ClN2O7S. The topological polar surface area (TPSA) is 119 Å². The third-order valence-corrected chi connectivity index (χ3v) is 6.75. The highest BCUT2D eigenvalue weighted by atomic mass is 35.5. The van der Waals surface area contributed by atoms with Crippen LogP contribution >= 0.6 is 11.6 Å². The number of urea groups is 1. The maximum Gasteiger partial charge on any atom is 0.339 e. The van der Waals surface area contributed by atoms with Crippen LogP contribution in [0, 0.1) is 6.92 Å². The number of aryl methyl sites for hydroxylation is 1. The van der Waals surface area contributed by atoms with Crippen molar-refractivity contribution in [2.24, 2.45) is 0 Å². The van der Waals surface area contributed by atoms with E-state index in [2.05, 4.69) is 5.32 Å². The van der Waals surface area contributed by atoms with Crippen molar-refractivity contribution in [2.45, 2.75) is 11.8 Å². The maximum atomic E-state index is 13.0. The lowest BCUT2D eigenvalue weighted by Crippen LogP contribution is -2.54. The summed E-state index contributed by atoms with van der Waals surface area (Å²) in [6, 6.07) is 15.4. The van der Waals surface area contributed by atoms with Crippen molar-refractivity contribution in [3.63, 3.8) is 0 Å². The molecule has 0 atom stereocenters. The van der Waals surface area contributed by atoms with Gasteiger partial charge >= 0.3 is 16.1 Å². The lowest BCUT2D eigenvalue weighted by molar-refractivity contribution is -0.122. The molecule has 0 aliphatic carbocycles. The molecule has 1 saturated heterocycles. The molecule has 0 bridgehead atoms. The van der Waals surface area contributed by atoms with Gasteiger partial charge in [0, 0.05) is 0 Å². The number of carbonyl (C=O) groups excluding carboxylic acids is 3. The standard InChI is InChI=1S/C25H19ClN2O7S/c1-15-3-10-19(11-4-15)36(32,33)35-22-12-5-16(14-21(22)26)13-20-23(29)27-25(31)28(24(20)30)17-6-8-18(34-2)9-7-17/h3-14H,1-2H3,(H,27,29,31)/b20-13+. The number of ether oxygens (including phenoxy) is 1. The molecule has 1 aliphatic rings. The number of rotatable bonds is 6. The van der Waals surface area contributed by atoms with Crippen molar-refractivity contribution in [1.29, 1.82) is 0 Å². The molecule has 4 rings (SSSR count). The Kier molecular flexibility index (Phi) is 6.82. The second-order valence-corrected chi connectivity index (χ2v) is 9.65. The molecule has 4 amide bonds. The van der Waals surface area contributed by atoms with Crippen molar-refractivity contribution in [3.8, 4) is 11.5 Å². The van der Waals surface area contributed by atoms with E-state index in [0.29, 0.717) is 11.3 Å². The molecule has 3 aromatic carbocycles. The molecular weight excluding hydrogens is 508 g/mol. The van der Waals surface area contributed by atoms with Gasteiger partial charge in [0.15, 0.2) is 5.75 Å². The molecule has 3 aromatic rings. The van der Waals surface area contributed by atoms with Crippen LogP contribution in [0.4, 0.5) is 10.5 Å². The Morgan fingerprint density at radius 2 is 1.61 bits per heavy atom. The quantitative estimate of drug-likeness (QED) is 0.292. The first-order valence-corrected chi connectivity index (χ1v) is 12.2. The minimum absolute atomic E-state index is 0.0388. The molecule has 0 saturated carbocycles. The van der Waals surface area contributed by atoms with Gasteiger partial charge in [0.2, 0.25) is 0 Å². The van der Waals surface area contributed by atoms with Gasteiger partial charge in [-0.1, -0.05) is 35.4 Å². The van der Waals surface area contributed by atoms with Crippen LogP contribution in [0.15, 0.2) is 77.2 Å². The van der Waals surface area contributed by atoms with Crippen LogP contribution in [0.2, 0.25) is 5.02 Å². The van der Waals surface area contributed by atoms with Crippen LogP contribution in [-0.4, -0.2) is 33.4 Å². The van der Waals surface area contributed by atoms with Gasteiger partial charge in [-0.2, -0.15) is 8.42 Å². The zero-order valence-electron chi connectivity index (χ0n) is 19.0. The highest BCUT2D eigenvalue weighted by Crippen LogP contribution is 2.30. The summed E-state index contributed by atoms with van der Waals surface area (Å²) in [6.07, 6.45) is 1.24. The Balaban J connectivity index is 1.60. The van der Waals surface area contributed by atoms with Gasteiger partial charge in [0.1, 0.15) is 16.2 Å². The monoisotopic (exact) mass is 526 g/mol. The summed E-state index contributed by atoms with van der Waals surface area (Å²) < 4.78 is 35.4. The smallest absolute Gasteiger partial charge is 0.339 e. The van der Waals surface area contributed by atoms with Gasteiger partial charge in [0.05, 0.1) is 17.8 Å². The van der Waals surface area contributed by atoms with Crippen LogP contribution in [0.1, 0.15) is 11.1 Å². The van der Waals surface area contributed by atoms with Gasteiger partial charge in [0.25, 0.3) is 11.8 Å². The number of benzene rings is 3. The third-order valence-electron chi connectivity index (χ3n) is 5.21. The highest BCUT2D eigenvalue weighted by molar-refractivity contribution is 7.87. The Hall–Kier alpha value is -4.15. The van der Waals surface area contributed by atoms with E-state index in [0.717, 1.165) is 10.5 Å².